The van der Waals surface area contributed by atoms with E-state index in [2.05, 4.69) is 4.98 Å². The molecule has 0 saturated heterocycles. The number of carboxylic acid groups (broad SMARTS) is 1. The first kappa shape index (κ1) is 12.1. The van der Waals surface area contributed by atoms with E-state index in [1.54, 1.807) is 18.5 Å². The number of carbonyl (C=O) groups excluding carboxylic acids is 1. The van der Waals surface area contributed by atoms with Crippen molar-refractivity contribution in [3.05, 3.63) is 30.1 Å². The molecule has 1 aromatic carbocycles. The Morgan fingerprint density at radius 2 is 2.17 bits per heavy atom. The number of hydrogen-bond donors (Lipinski definition) is 2. The van der Waals surface area contributed by atoms with Crippen LogP contribution in [0.3, 0.4) is 0 Å². The van der Waals surface area contributed by atoms with Gasteiger partial charge in [0.25, 0.3) is 0 Å². The van der Waals surface area contributed by atoms with Crippen LogP contribution in [-0.4, -0.2) is 26.5 Å². The Morgan fingerprint density at radius 3 is 2.83 bits per heavy atom. The first-order valence-electron chi connectivity index (χ1n) is 5.55. The van der Waals surface area contributed by atoms with E-state index in [0.717, 1.165) is 5.52 Å². The lowest BCUT2D eigenvalue weighted by atomic mass is 10.2. The molecule has 94 valence electrons. The molecular weight excluding hydrogens is 234 g/mol. The maximum Gasteiger partial charge on any atom is 0.337 e. The summed E-state index contributed by atoms with van der Waals surface area (Å²) in [7, 11) is 0. The van der Waals surface area contributed by atoms with Gasteiger partial charge in [-0.1, -0.05) is 6.07 Å². The van der Waals surface area contributed by atoms with Crippen molar-refractivity contribution in [2.45, 2.75) is 19.4 Å². The van der Waals surface area contributed by atoms with E-state index < -0.39 is 5.97 Å². The Morgan fingerprint density at radius 1 is 1.39 bits per heavy atom. The molecule has 6 nitrogen and oxygen atoms in total. The number of aryl methyl sites for hydroxylation is 1. The standard InChI is InChI=1S/C12H13N3O3/c13-10(16)5-2-6-15-7-14-11-8(12(17)18)3-1-4-9(11)15/h1,3-4,7H,2,5-6H2,(H2,13,16)(H,17,18). The normalized spacial score (nSPS) is 10.7. The van der Waals surface area contributed by atoms with Crippen molar-refractivity contribution < 1.29 is 14.7 Å². The first-order valence-corrected chi connectivity index (χ1v) is 5.55. The van der Waals surface area contributed by atoms with Crippen LogP contribution >= 0.6 is 0 Å². The van der Waals surface area contributed by atoms with E-state index in [9.17, 15) is 9.59 Å². The van der Waals surface area contributed by atoms with Gasteiger partial charge in [0.15, 0.2) is 0 Å². The third-order valence-corrected chi connectivity index (χ3v) is 2.70. The molecule has 1 amide bonds. The fourth-order valence-corrected chi connectivity index (χ4v) is 1.86. The molecule has 18 heavy (non-hydrogen) atoms. The molecule has 1 heterocycles. The van der Waals surface area contributed by atoms with Gasteiger partial charge in [0.05, 0.1) is 17.4 Å². The predicted octanol–water partition coefficient (Wildman–Crippen LogP) is 1.000. The van der Waals surface area contributed by atoms with E-state index in [4.69, 9.17) is 10.8 Å². The largest absolute Gasteiger partial charge is 0.478 e. The Labute approximate surface area is 103 Å². The molecule has 0 atom stereocenters. The number of imidazole rings is 1. The van der Waals surface area contributed by atoms with Crippen LogP contribution in [0.25, 0.3) is 11.0 Å². The number of fused-ring (bicyclic) bond motifs is 1. The van der Waals surface area contributed by atoms with E-state index >= 15 is 0 Å². The molecular formula is C12H13N3O3. The quantitative estimate of drug-likeness (QED) is 0.823. The maximum atomic E-state index is 11.0. The Hall–Kier alpha value is -2.37. The van der Waals surface area contributed by atoms with Gasteiger partial charge in [-0.3, -0.25) is 4.79 Å². The fourth-order valence-electron chi connectivity index (χ4n) is 1.86. The second kappa shape index (κ2) is 4.87. The lowest BCUT2D eigenvalue weighted by molar-refractivity contribution is -0.118. The molecule has 0 aliphatic heterocycles. The third kappa shape index (κ3) is 2.32. The molecule has 0 aliphatic carbocycles. The van der Waals surface area contributed by atoms with Gasteiger partial charge < -0.3 is 15.4 Å². The van der Waals surface area contributed by atoms with Gasteiger partial charge in [0, 0.05) is 13.0 Å². The minimum absolute atomic E-state index is 0.182. The van der Waals surface area contributed by atoms with Gasteiger partial charge in [0.2, 0.25) is 5.91 Å². The van der Waals surface area contributed by atoms with Crippen molar-refractivity contribution in [1.29, 1.82) is 0 Å². The molecule has 0 fully saturated rings. The molecule has 3 N–H and O–H groups in total. The van der Waals surface area contributed by atoms with E-state index in [1.807, 2.05) is 4.57 Å². The summed E-state index contributed by atoms with van der Waals surface area (Å²) in [5.41, 5.74) is 6.46. The monoisotopic (exact) mass is 247 g/mol. The number of carbonyl (C=O) groups is 2. The van der Waals surface area contributed by atoms with E-state index in [0.29, 0.717) is 24.9 Å². The molecule has 0 aliphatic rings. The van der Waals surface area contributed by atoms with Crippen LogP contribution in [0.15, 0.2) is 24.5 Å². The zero-order valence-electron chi connectivity index (χ0n) is 9.67. The van der Waals surface area contributed by atoms with E-state index in [1.165, 1.54) is 6.07 Å². The second-order valence-electron chi connectivity index (χ2n) is 3.99. The van der Waals surface area contributed by atoms with Gasteiger partial charge >= 0.3 is 5.97 Å². The molecule has 2 rings (SSSR count). The van der Waals surface area contributed by atoms with Crippen LogP contribution in [0.4, 0.5) is 0 Å². The third-order valence-electron chi connectivity index (χ3n) is 2.70. The highest BCUT2D eigenvalue weighted by Crippen LogP contribution is 2.18. The molecule has 0 radical (unpaired) electrons. The van der Waals surface area contributed by atoms with Crippen molar-refractivity contribution in [1.82, 2.24) is 9.55 Å². The zero-order valence-corrected chi connectivity index (χ0v) is 9.67. The number of para-hydroxylation sites is 1. The second-order valence-corrected chi connectivity index (χ2v) is 3.99. The molecule has 0 bridgehead atoms. The van der Waals surface area contributed by atoms with Crippen molar-refractivity contribution in [3.63, 3.8) is 0 Å². The average Bonchev–Trinajstić information content (AvgIpc) is 2.72. The zero-order chi connectivity index (χ0) is 13.1. The molecule has 0 saturated carbocycles. The molecule has 0 spiro atoms. The summed E-state index contributed by atoms with van der Waals surface area (Å²) in [6, 6.07) is 5.00. The summed E-state index contributed by atoms with van der Waals surface area (Å²) < 4.78 is 1.82. The van der Waals surface area contributed by atoms with Crippen molar-refractivity contribution >= 4 is 22.9 Å². The van der Waals surface area contributed by atoms with Crippen molar-refractivity contribution in [3.8, 4) is 0 Å². The Kier molecular flexibility index (Phi) is 3.27. The number of primary amides is 1. The number of nitrogens with two attached hydrogens (primary N) is 1. The van der Waals surface area contributed by atoms with Gasteiger partial charge in [-0.15, -0.1) is 0 Å². The lowest BCUT2D eigenvalue weighted by Gasteiger charge is -2.03. The number of nitrogens with zero attached hydrogens (tertiary/aromatic N) is 2. The number of hydrogen-bond acceptors (Lipinski definition) is 3. The van der Waals surface area contributed by atoms with Crippen LogP contribution in [0.1, 0.15) is 23.2 Å². The number of aromatic carboxylic acids is 1. The highest BCUT2D eigenvalue weighted by atomic mass is 16.4. The summed E-state index contributed by atoms with van der Waals surface area (Å²) in [6.07, 6.45) is 2.49. The molecule has 2 aromatic rings. The van der Waals surface area contributed by atoms with Crippen molar-refractivity contribution in [2.24, 2.45) is 5.73 Å². The maximum absolute atomic E-state index is 11.0. The summed E-state index contributed by atoms with van der Waals surface area (Å²) in [5, 5.41) is 9.03. The highest BCUT2D eigenvalue weighted by molar-refractivity contribution is 6.00. The van der Waals surface area contributed by atoms with Gasteiger partial charge in [-0.25, -0.2) is 9.78 Å². The molecule has 1 aromatic heterocycles. The van der Waals surface area contributed by atoms with Gasteiger partial charge in [-0.2, -0.15) is 0 Å². The van der Waals surface area contributed by atoms with Crippen LogP contribution in [-0.2, 0) is 11.3 Å². The smallest absolute Gasteiger partial charge is 0.337 e. The Bertz CT molecular complexity index is 604. The number of aromatic nitrogens is 2. The summed E-state index contributed by atoms with van der Waals surface area (Å²) >= 11 is 0. The van der Waals surface area contributed by atoms with Crippen LogP contribution in [0, 0.1) is 0 Å². The first-order chi connectivity index (χ1) is 8.59. The number of carboxylic acids is 1. The van der Waals surface area contributed by atoms with Gasteiger partial charge in [0.1, 0.15) is 5.52 Å². The molecule has 0 unspecified atom stereocenters. The minimum atomic E-state index is -0.997. The summed E-state index contributed by atoms with van der Waals surface area (Å²) in [6.45, 7) is 0.586. The topological polar surface area (TPSA) is 98.2 Å². The van der Waals surface area contributed by atoms with Crippen LogP contribution in [0.2, 0.25) is 0 Å². The predicted molar refractivity (Wildman–Crippen MR) is 65.1 cm³/mol. The lowest BCUT2D eigenvalue weighted by Crippen LogP contribution is -2.11. The van der Waals surface area contributed by atoms with Crippen LogP contribution < -0.4 is 5.73 Å². The SMILES string of the molecule is NC(=O)CCCn1cnc2c(C(=O)O)cccc21. The number of amides is 1. The fraction of sp³-hybridized carbons (Fsp3) is 0.250. The minimum Gasteiger partial charge on any atom is -0.478 e. The summed E-state index contributed by atoms with van der Waals surface area (Å²) in [4.78, 5) is 25.8. The number of benzene rings is 1. The molecule has 6 heteroatoms. The highest BCUT2D eigenvalue weighted by Gasteiger charge is 2.12. The van der Waals surface area contributed by atoms with Crippen molar-refractivity contribution in [2.75, 3.05) is 0 Å². The number of rotatable bonds is 5. The van der Waals surface area contributed by atoms with Gasteiger partial charge in [-0.05, 0) is 18.6 Å². The van der Waals surface area contributed by atoms with Crippen LogP contribution in [0.5, 0.6) is 0 Å². The average molecular weight is 247 g/mol. The summed E-state index contributed by atoms with van der Waals surface area (Å²) in [5.74, 6) is -1.34. The Balaban J connectivity index is 2.28. The van der Waals surface area contributed by atoms with E-state index in [-0.39, 0.29) is 11.5 Å².